The van der Waals surface area contributed by atoms with E-state index in [0.29, 0.717) is 36.7 Å². The van der Waals surface area contributed by atoms with Crippen LogP contribution in [-0.2, 0) is 9.53 Å². The van der Waals surface area contributed by atoms with Gasteiger partial charge in [0.15, 0.2) is 0 Å². The summed E-state index contributed by atoms with van der Waals surface area (Å²) in [5, 5.41) is 2.84. The minimum Gasteiger partial charge on any atom is -0.465 e. The van der Waals surface area contributed by atoms with E-state index in [2.05, 4.69) is 20.0 Å². The Labute approximate surface area is 145 Å². The predicted molar refractivity (Wildman–Crippen MR) is 93.4 cm³/mol. The van der Waals surface area contributed by atoms with E-state index in [9.17, 15) is 9.59 Å². The number of methoxy groups -OCH3 is 1. The molecular weight excluding hydrogens is 320 g/mol. The van der Waals surface area contributed by atoms with Gasteiger partial charge in [-0.25, -0.2) is 14.8 Å². The van der Waals surface area contributed by atoms with Crippen LogP contribution in [0.1, 0.15) is 16.8 Å². The van der Waals surface area contributed by atoms with E-state index in [1.54, 1.807) is 42.7 Å². The molecule has 0 unspecified atom stereocenters. The molecule has 25 heavy (non-hydrogen) atoms. The van der Waals surface area contributed by atoms with E-state index in [4.69, 9.17) is 0 Å². The number of esters is 1. The first-order valence-corrected chi connectivity index (χ1v) is 7.88. The molecule has 1 aliphatic rings. The number of nitrogens with zero attached hydrogens (tertiary/aromatic N) is 3. The number of anilines is 2. The summed E-state index contributed by atoms with van der Waals surface area (Å²) in [5.41, 5.74) is 1.80. The number of nitrogens with one attached hydrogen (secondary N) is 1. The van der Waals surface area contributed by atoms with Crippen LogP contribution in [-0.4, -0.2) is 42.0 Å². The Balaban J connectivity index is 1.60. The van der Waals surface area contributed by atoms with Crippen LogP contribution in [0.25, 0.3) is 0 Å². The maximum atomic E-state index is 12.4. The molecule has 0 bridgehead atoms. The van der Waals surface area contributed by atoms with Gasteiger partial charge in [0.2, 0.25) is 5.95 Å². The molecule has 1 N–H and O–H groups in total. The fraction of sp³-hybridized carbons (Fsp3) is 0.222. The molecule has 3 rings (SSSR count). The Morgan fingerprint density at radius 3 is 2.48 bits per heavy atom. The van der Waals surface area contributed by atoms with Crippen molar-refractivity contribution in [2.24, 2.45) is 0 Å². The van der Waals surface area contributed by atoms with Crippen molar-refractivity contribution < 1.29 is 14.3 Å². The summed E-state index contributed by atoms with van der Waals surface area (Å²) in [5.74, 6) is 0.118. The number of amides is 1. The van der Waals surface area contributed by atoms with Gasteiger partial charge >= 0.3 is 5.97 Å². The maximum Gasteiger partial charge on any atom is 0.337 e. The van der Waals surface area contributed by atoms with E-state index < -0.39 is 5.97 Å². The van der Waals surface area contributed by atoms with E-state index in [1.807, 2.05) is 11.0 Å². The normalized spacial score (nSPS) is 13.8. The van der Waals surface area contributed by atoms with Crippen molar-refractivity contribution >= 4 is 23.5 Å². The topological polar surface area (TPSA) is 84.4 Å². The SMILES string of the molecule is COC(=O)c1ccc(NC(=O)C2=CCN(c3ncccn3)CC2)cc1. The number of hydrogen-bond donors (Lipinski definition) is 1. The van der Waals surface area contributed by atoms with E-state index in [-0.39, 0.29) is 5.91 Å². The van der Waals surface area contributed by atoms with Crippen LogP contribution in [0.15, 0.2) is 54.4 Å². The Bertz CT molecular complexity index is 788. The molecule has 2 aromatic rings. The molecule has 7 nitrogen and oxygen atoms in total. The van der Waals surface area contributed by atoms with Crippen LogP contribution in [0.2, 0.25) is 0 Å². The lowest BCUT2D eigenvalue weighted by atomic mass is 10.1. The fourth-order valence-electron chi connectivity index (χ4n) is 2.53. The summed E-state index contributed by atoms with van der Waals surface area (Å²) in [7, 11) is 1.33. The summed E-state index contributed by atoms with van der Waals surface area (Å²) in [4.78, 5) is 34.2. The van der Waals surface area contributed by atoms with Crippen molar-refractivity contribution in [1.29, 1.82) is 0 Å². The highest BCUT2D eigenvalue weighted by Crippen LogP contribution is 2.18. The summed E-state index contributed by atoms with van der Waals surface area (Å²) in [6.07, 6.45) is 5.90. The predicted octanol–water partition coefficient (Wildman–Crippen LogP) is 2.04. The molecule has 0 aliphatic carbocycles. The minimum atomic E-state index is -0.406. The van der Waals surface area contributed by atoms with Gasteiger partial charge in [-0.3, -0.25) is 4.79 Å². The van der Waals surface area contributed by atoms with Gasteiger partial charge in [-0.15, -0.1) is 0 Å². The van der Waals surface area contributed by atoms with Crippen LogP contribution in [0.3, 0.4) is 0 Å². The number of benzene rings is 1. The van der Waals surface area contributed by atoms with Crippen molar-refractivity contribution in [2.45, 2.75) is 6.42 Å². The van der Waals surface area contributed by atoms with E-state index in [0.717, 1.165) is 5.57 Å². The zero-order valence-corrected chi connectivity index (χ0v) is 13.8. The van der Waals surface area contributed by atoms with Gasteiger partial charge < -0.3 is 15.0 Å². The van der Waals surface area contributed by atoms with Gasteiger partial charge in [0, 0.05) is 36.7 Å². The summed E-state index contributed by atoms with van der Waals surface area (Å²) < 4.78 is 4.65. The molecule has 1 aromatic heterocycles. The van der Waals surface area contributed by atoms with Crippen molar-refractivity contribution in [2.75, 3.05) is 30.4 Å². The van der Waals surface area contributed by atoms with Gasteiger partial charge in [0.05, 0.1) is 12.7 Å². The third kappa shape index (κ3) is 4.00. The second-order valence-electron chi connectivity index (χ2n) is 5.50. The van der Waals surface area contributed by atoms with Crippen molar-refractivity contribution in [3.05, 3.63) is 59.9 Å². The third-order valence-corrected chi connectivity index (χ3v) is 3.90. The van der Waals surface area contributed by atoms with Gasteiger partial charge in [-0.1, -0.05) is 6.08 Å². The van der Waals surface area contributed by atoms with Gasteiger partial charge in [-0.05, 0) is 36.8 Å². The molecule has 0 saturated carbocycles. The van der Waals surface area contributed by atoms with Crippen molar-refractivity contribution in [3.8, 4) is 0 Å². The molecule has 2 heterocycles. The van der Waals surface area contributed by atoms with E-state index >= 15 is 0 Å². The molecule has 0 fully saturated rings. The number of ether oxygens (including phenoxy) is 1. The van der Waals surface area contributed by atoms with Crippen LogP contribution < -0.4 is 10.2 Å². The monoisotopic (exact) mass is 338 g/mol. The molecule has 0 radical (unpaired) electrons. The zero-order valence-electron chi connectivity index (χ0n) is 13.8. The van der Waals surface area contributed by atoms with Gasteiger partial charge in [-0.2, -0.15) is 0 Å². The number of carbonyl (C=O) groups excluding carboxylic acids is 2. The molecule has 7 heteroatoms. The Morgan fingerprint density at radius 2 is 1.88 bits per heavy atom. The van der Waals surface area contributed by atoms with Crippen LogP contribution in [0.5, 0.6) is 0 Å². The summed E-state index contributed by atoms with van der Waals surface area (Å²) >= 11 is 0. The average Bonchev–Trinajstić information content (AvgIpc) is 2.68. The quantitative estimate of drug-likeness (QED) is 0.859. The average molecular weight is 338 g/mol. The Hall–Kier alpha value is -3.22. The second-order valence-corrected chi connectivity index (χ2v) is 5.50. The van der Waals surface area contributed by atoms with Gasteiger partial charge in [0.1, 0.15) is 0 Å². The maximum absolute atomic E-state index is 12.4. The number of hydrogen-bond acceptors (Lipinski definition) is 6. The smallest absolute Gasteiger partial charge is 0.337 e. The molecule has 0 spiro atoms. The molecule has 0 saturated heterocycles. The lowest BCUT2D eigenvalue weighted by Crippen LogP contribution is -2.32. The lowest BCUT2D eigenvalue weighted by Gasteiger charge is -2.25. The highest BCUT2D eigenvalue weighted by molar-refractivity contribution is 6.04. The Kier molecular flexibility index (Phi) is 5.03. The first-order chi connectivity index (χ1) is 12.2. The number of rotatable bonds is 4. The number of carbonyl (C=O) groups is 2. The molecule has 0 atom stereocenters. The van der Waals surface area contributed by atoms with E-state index in [1.165, 1.54) is 7.11 Å². The summed E-state index contributed by atoms with van der Waals surface area (Å²) in [6.45, 7) is 1.28. The number of aromatic nitrogens is 2. The zero-order chi connectivity index (χ0) is 17.6. The van der Waals surface area contributed by atoms with Crippen molar-refractivity contribution in [1.82, 2.24) is 9.97 Å². The van der Waals surface area contributed by atoms with Crippen LogP contribution >= 0.6 is 0 Å². The highest BCUT2D eigenvalue weighted by atomic mass is 16.5. The fourth-order valence-corrected chi connectivity index (χ4v) is 2.53. The van der Waals surface area contributed by atoms with Gasteiger partial charge in [0.25, 0.3) is 5.91 Å². The standard InChI is InChI=1S/C18H18N4O3/c1-25-17(24)14-3-5-15(6-4-14)21-16(23)13-7-11-22(12-8-13)18-19-9-2-10-20-18/h2-7,9-10H,8,11-12H2,1H3,(H,21,23). The minimum absolute atomic E-state index is 0.139. The molecular formula is C18H18N4O3. The second kappa shape index (κ2) is 7.57. The largest absolute Gasteiger partial charge is 0.465 e. The Morgan fingerprint density at radius 1 is 1.16 bits per heavy atom. The first-order valence-electron chi connectivity index (χ1n) is 7.88. The molecule has 1 aromatic carbocycles. The van der Waals surface area contributed by atoms with Crippen molar-refractivity contribution in [3.63, 3.8) is 0 Å². The molecule has 1 aliphatic heterocycles. The lowest BCUT2D eigenvalue weighted by molar-refractivity contribution is -0.113. The highest BCUT2D eigenvalue weighted by Gasteiger charge is 2.18. The molecule has 1 amide bonds. The van der Waals surface area contributed by atoms with Crippen LogP contribution in [0, 0.1) is 0 Å². The van der Waals surface area contributed by atoms with Crippen LogP contribution in [0.4, 0.5) is 11.6 Å². The third-order valence-electron chi connectivity index (χ3n) is 3.90. The summed E-state index contributed by atoms with van der Waals surface area (Å²) in [6, 6.07) is 8.36. The molecule has 128 valence electrons. The first kappa shape index (κ1) is 16.6.